The Balaban J connectivity index is 1.84. The Morgan fingerprint density at radius 2 is 1.52 bits per heavy atom. The zero-order valence-corrected chi connectivity index (χ0v) is 16.6. The van der Waals surface area contributed by atoms with Crippen molar-refractivity contribution in [3.63, 3.8) is 0 Å². The maximum atomic E-state index is 11.5. The Morgan fingerprint density at radius 3 is 2.07 bits per heavy atom. The zero-order chi connectivity index (χ0) is 19.9. The van der Waals surface area contributed by atoms with Crippen LogP contribution >= 0.6 is 0 Å². The highest BCUT2D eigenvalue weighted by atomic mass is 16.5. The molecule has 0 spiro atoms. The van der Waals surface area contributed by atoms with Crippen LogP contribution in [0.15, 0.2) is 54.6 Å². The molecule has 1 N–H and O–H groups in total. The smallest absolute Gasteiger partial charge is 0.344 e. The van der Waals surface area contributed by atoms with Gasteiger partial charge in [-0.15, -0.1) is 0 Å². The van der Waals surface area contributed by atoms with Crippen LogP contribution in [0.1, 0.15) is 52.5 Å². The van der Waals surface area contributed by atoms with Gasteiger partial charge in [0.2, 0.25) is 0 Å². The summed E-state index contributed by atoms with van der Waals surface area (Å²) in [6.45, 7) is 8.42. The number of rotatable bonds is 9. The van der Waals surface area contributed by atoms with E-state index in [1.165, 1.54) is 5.56 Å². The molecule has 0 radical (unpaired) electrons. The number of carboxylic acid groups (broad SMARTS) is 1. The number of hydrogen-bond donors (Lipinski definition) is 1. The van der Waals surface area contributed by atoms with Crippen molar-refractivity contribution < 1.29 is 19.4 Å². The second kappa shape index (κ2) is 9.45. The molecule has 0 aliphatic rings. The highest BCUT2D eigenvalue weighted by molar-refractivity contribution is 5.72. The van der Waals surface area contributed by atoms with Gasteiger partial charge in [-0.05, 0) is 61.4 Å². The topological polar surface area (TPSA) is 55.8 Å². The van der Waals surface area contributed by atoms with E-state index in [-0.39, 0.29) is 11.5 Å². The van der Waals surface area contributed by atoms with Crippen molar-refractivity contribution in [1.29, 1.82) is 0 Å². The monoisotopic (exact) mass is 370 g/mol. The number of para-hydroxylation sites is 1. The maximum absolute atomic E-state index is 11.5. The lowest BCUT2D eigenvalue weighted by Crippen LogP contribution is -2.27. The van der Waals surface area contributed by atoms with Gasteiger partial charge < -0.3 is 14.6 Å². The number of carboxylic acids is 1. The molecular weight excluding hydrogens is 340 g/mol. The van der Waals surface area contributed by atoms with Crippen molar-refractivity contribution in [2.24, 2.45) is 0 Å². The average Bonchev–Trinajstić information content (AvgIpc) is 2.61. The van der Waals surface area contributed by atoms with Crippen LogP contribution in [0.2, 0.25) is 0 Å². The Morgan fingerprint density at radius 1 is 0.926 bits per heavy atom. The van der Waals surface area contributed by atoms with Gasteiger partial charge in [0.15, 0.2) is 6.10 Å². The molecule has 0 saturated carbocycles. The summed E-state index contributed by atoms with van der Waals surface area (Å²) in [6, 6.07) is 17.3. The molecular formula is C23H30O4. The Labute approximate surface area is 162 Å². The molecule has 4 nitrogen and oxygen atoms in total. The summed E-state index contributed by atoms with van der Waals surface area (Å²) in [5, 5.41) is 9.46. The molecule has 4 heteroatoms. The quantitative estimate of drug-likeness (QED) is 0.637. The van der Waals surface area contributed by atoms with E-state index in [1.807, 2.05) is 61.5 Å². The summed E-state index contributed by atoms with van der Waals surface area (Å²) in [5.74, 6) is 0.477. The van der Waals surface area contributed by atoms with Crippen LogP contribution in [-0.2, 0) is 10.2 Å². The summed E-state index contributed by atoms with van der Waals surface area (Å²) >= 11 is 0. The second-order valence-corrected chi connectivity index (χ2v) is 7.89. The molecule has 0 fully saturated rings. The first-order valence-electron chi connectivity index (χ1n) is 9.47. The molecule has 2 atom stereocenters. The minimum absolute atomic E-state index is 0.0212. The predicted octanol–water partition coefficient (Wildman–Crippen LogP) is 5.45. The van der Waals surface area contributed by atoms with Gasteiger partial charge in [-0.2, -0.15) is 0 Å². The minimum atomic E-state index is -0.938. The van der Waals surface area contributed by atoms with E-state index in [2.05, 4.69) is 20.8 Å². The SMILES string of the molecule is CC(CCCC(Oc1ccc(C(C)(C)C)cc1)C(=O)O)Oc1ccccc1. The summed E-state index contributed by atoms with van der Waals surface area (Å²) < 4.78 is 11.5. The van der Waals surface area contributed by atoms with Gasteiger partial charge in [0, 0.05) is 0 Å². The van der Waals surface area contributed by atoms with Crippen molar-refractivity contribution in [2.45, 2.75) is 64.6 Å². The summed E-state index contributed by atoms with van der Waals surface area (Å²) in [6.07, 6.45) is 1.09. The van der Waals surface area contributed by atoms with E-state index in [1.54, 1.807) is 0 Å². The van der Waals surface area contributed by atoms with Crippen molar-refractivity contribution >= 4 is 5.97 Å². The van der Waals surface area contributed by atoms with E-state index in [9.17, 15) is 9.90 Å². The highest BCUT2D eigenvalue weighted by Gasteiger charge is 2.20. The normalized spacial score (nSPS) is 13.6. The van der Waals surface area contributed by atoms with Crippen molar-refractivity contribution in [3.8, 4) is 11.5 Å². The molecule has 2 unspecified atom stereocenters. The average molecular weight is 370 g/mol. The van der Waals surface area contributed by atoms with E-state index in [0.717, 1.165) is 12.2 Å². The lowest BCUT2D eigenvalue weighted by Gasteiger charge is -2.20. The molecule has 0 aliphatic heterocycles. The Kier molecular flexibility index (Phi) is 7.28. The van der Waals surface area contributed by atoms with E-state index >= 15 is 0 Å². The van der Waals surface area contributed by atoms with Gasteiger partial charge in [0.1, 0.15) is 11.5 Å². The van der Waals surface area contributed by atoms with Crippen LogP contribution in [0.25, 0.3) is 0 Å². The van der Waals surface area contributed by atoms with Gasteiger partial charge >= 0.3 is 5.97 Å². The lowest BCUT2D eigenvalue weighted by atomic mass is 9.87. The van der Waals surface area contributed by atoms with Gasteiger partial charge in [-0.3, -0.25) is 0 Å². The zero-order valence-electron chi connectivity index (χ0n) is 16.6. The first kappa shape index (κ1) is 20.8. The van der Waals surface area contributed by atoms with Crippen molar-refractivity contribution in [3.05, 3.63) is 60.2 Å². The number of carbonyl (C=O) groups is 1. The first-order valence-corrected chi connectivity index (χ1v) is 9.47. The van der Waals surface area contributed by atoms with E-state index in [0.29, 0.717) is 18.6 Å². The third kappa shape index (κ3) is 6.97. The highest BCUT2D eigenvalue weighted by Crippen LogP contribution is 2.25. The van der Waals surface area contributed by atoms with Gasteiger partial charge in [-0.1, -0.05) is 51.1 Å². The van der Waals surface area contributed by atoms with Crippen LogP contribution in [0.4, 0.5) is 0 Å². The number of hydrogen-bond acceptors (Lipinski definition) is 3. The summed E-state index contributed by atoms with van der Waals surface area (Å²) in [7, 11) is 0. The number of aliphatic carboxylic acids is 1. The van der Waals surface area contributed by atoms with Gasteiger partial charge in [-0.25, -0.2) is 4.79 Å². The molecule has 27 heavy (non-hydrogen) atoms. The van der Waals surface area contributed by atoms with Gasteiger partial charge in [0.05, 0.1) is 6.10 Å². The standard InChI is InChI=1S/C23H30O4/c1-17(26-19-10-6-5-7-11-19)9-8-12-21(22(24)25)27-20-15-13-18(14-16-20)23(2,3)4/h5-7,10-11,13-17,21H,8-9,12H2,1-4H3,(H,24,25). The first-order chi connectivity index (χ1) is 12.8. The molecule has 2 aromatic carbocycles. The molecule has 0 heterocycles. The molecule has 2 rings (SSSR count). The molecule has 146 valence electrons. The van der Waals surface area contributed by atoms with E-state index < -0.39 is 12.1 Å². The maximum Gasteiger partial charge on any atom is 0.344 e. The molecule has 0 aliphatic carbocycles. The molecule has 0 saturated heterocycles. The lowest BCUT2D eigenvalue weighted by molar-refractivity contribution is -0.145. The Bertz CT molecular complexity index is 701. The number of benzene rings is 2. The van der Waals surface area contributed by atoms with Crippen LogP contribution in [0, 0.1) is 0 Å². The van der Waals surface area contributed by atoms with Crippen LogP contribution in [-0.4, -0.2) is 23.3 Å². The van der Waals surface area contributed by atoms with Crippen molar-refractivity contribution in [1.82, 2.24) is 0 Å². The third-order valence-corrected chi connectivity index (χ3v) is 4.43. The molecule has 0 aromatic heterocycles. The Hall–Kier alpha value is -2.49. The fraction of sp³-hybridized carbons (Fsp3) is 0.435. The minimum Gasteiger partial charge on any atom is -0.491 e. The van der Waals surface area contributed by atoms with Crippen molar-refractivity contribution in [2.75, 3.05) is 0 Å². The molecule has 0 amide bonds. The fourth-order valence-corrected chi connectivity index (χ4v) is 2.81. The molecule has 0 bridgehead atoms. The van der Waals surface area contributed by atoms with Crippen LogP contribution < -0.4 is 9.47 Å². The van der Waals surface area contributed by atoms with E-state index in [4.69, 9.17) is 9.47 Å². The summed E-state index contributed by atoms with van der Waals surface area (Å²) in [5.41, 5.74) is 1.24. The largest absolute Gasteiger partial charge is 0.491 e. The van der Waals surface area contributed by atoms with Crippen LogP contribution in [0.5, 0.6) is 11.5 Å². The molecule has 2 aromatic rings. The second-order valence-electron chi connectivity index (χ2n) is 7.89. The number of ether oxygens (including phenoxy) is 2. The van der Waals surface area contributed by atoms with Crippen LogP contribution in [0.3, 0.4) is 0 Å². The fourth-order valence-electron chi connectivity index (χ4n) is 2.81. The van der Waals surface area contributed by atoms with Gasteiger partial charge in [0.25, 0.3) is 0 Å². The summed E-state index contributed by atoms with van der Waals surface area (Å²) in [4.78, 5) is 11.5. The third-order valence-electron chi connectivity index (χ3n) is 4.43. The predicted molar refractivity (Wildman–Crippen MR) is 108 cm³/mol.